The molecule has 53 heavy (non-hydrogen) atoms. The molecule has 1 atom stereocenters. The second-order valence-corrected chi connectivity index (χ2v) is 15.4. The van der Waals surface area contributed by atoms with Gasteiger partial charge in [0.1, 0.15) is 17.2 Å². The predicted octanol–water partition coefficient (Wildman–Crippen LogP) is 4.95. The van der Waals surface area contributed by atoms with Crippen molar-refractivity contribution in [2.75, 3.05) is 75.0 Å². The first-order valence-electron chi connectivity index (χ1n) is 19.3. The fraction of sp³-hybridized carbons (Fsp3) is 0.500. The van der Waals surface area contributed by atoms with Gasteiger partial charge in [0.2, 0.25) is 17.8 Å². The fourth-order valence-electron chi connectivity index (χ4n) is 8.63. The molecule has 1 unspecified atom stereocenters. The molecule has 0 bridgehead atoms. The Balaban J connectivity index is 0.826. The number of amides is 3. The van der Waals surface area contributed by atoms with Crippen LogP contribution in [-0.4, -0.2) is 107 Å². The van der Waals surface area contributed by atoms with Gasteiger partial charge in [-0.3, -0.25) is 24.6 Å². The van der Waals surface area contributed by atoms with Gasteiger partial charge < -0.3 is 24.6 Å². The van der Waals surface area contributed by atoms with E-state index in [-0.39, 0.29) is 29.7 Å². The molecule has 0 spiro atoms. The molecule has 8 rings (SSSR count). The molecule has 13 heteroatoms. The summed E-state index contributed by atoms with van der Waals surface area (Å²) < 4.78 is 2.13. The maximum Gasteiger partial charge on any atom is 0.270 e. The number of hydrogen-bond donors (Lipinski definition) is 2. The molecule has 278 valence electrons. The van der Waals surface area contributed by atoms with Crippen molar-refractivity contribution >= 4 is 51.9 Å². The first-order chi connectivity index (χ1) is 25.8. The molecule has 3 saturated heterocycles. The minimum absolute atomic E-state index is 0.0173. The average molecular weight is 719 g/mol. The molecule has 3 aromatic heterocycles. The minimum Gasteiger partial charge on any atom is -0.372 e. The summed E-state index contributed by atoms with van der Waals surface area (Å²) in [6, 6.07) is 14.6. The van der Waals surface area contributed by atoms with Gasteiger partial charge in [0.25, 0.3) is 5.91 Å². The van der Waals surface area contributed by atoms with E-state index in [2.05, 4.69) is 53.1 Å². The van der Waals surface area contributed by atoms with Crippen LogP contribution in [0.25, 0.3) is 11.0 Å². The van der Waals surface area contributed by atoms with Gasteiger partial charge in [-0.25, -0.2) is 9.97 Å². The van der Waals surface area contributed by atoms with E-state index >= 15 is 0 Å². The molecule has 1 saturated carbocycles. The van der Waals surface area contributed by atoms with Gasteiger partial charge in [-0.2, -0.15) is 4.98 Å². The molecule has 0 radical (unpaired) electrons. The van der Waals surface area contributed by atoms with Gasteiger partial charge in [-0.05, 0) is 73.9 Å². The Morgan fingerprint density at radius 3 is 2.36 bits per heavy atom. The summed E-state index contributed by atoms with van der Waals surface area (Å²) in [5, 5.41) is 6.66. The quantitative estimate of drug-likeness (QED) is 0.230. The number of nitrogens with zero attached hydrogens (tertiary/aromatic N) is 8. The van der Waals surface area contributed by atoms with Gasteiger partial charge in [0.15, 0.2) is 0 Å². The minimum atomic E-state index is -0.249. The van der Waals surface area contributed by atoms with Crippen LogP contribution in [0, 0.1) is 5.92 Å². The highest BCUT2D eigenvalue weighted by Crippen LogP contribution is 2.35. The van der Waals surface area contributed by atoms with Crippen molar-refractivity contribution in [1.29, 1.82) is 0 Å². The molecule has 3 amide bonds. The Morgan fingerprint density at radius 1 is 0.868 bits per heavy atom. The van der Waals surface area contributed by atoms with E-state index in [1.807, 2.05) is 30.5 Å². The maximum absolute atomic E-state index is 13.1. The van der Waals surface area contributed by atoms with Crippen LogP contribution in [-0.2, 0) is 9.59 Å². The van der Waals surface area contributed by atoms with Crippen LogP contribution in [0.5, 0.6) is 0 Å². The SMILES string of the molecule is CN(C)C(=O)c1cc2cnc(Nc3ccc(N4CCN(CC5CCN(c6cccc(C7CCC(=O)NC7=O)c6)CC5)CC4)cn3)nc2n1C1CCCC1. The second kappa shape index (κ2) is 15.1. The largest absolute Gasteiger partial charge is 0.372 e. The molecule has 2 N–H and O–H groups in total. The van der Waals surface area contributed by atoms with E-state index in [0.29, 0.717) is 36.2 Å². The highest BCUT2D eigenvalue weighted by molar-refractivity contribution is 6.01. The number of anilines is 4. The van der Waals surface area contributed by atoms with Gasteiger partial charge in [-0.15, -0.1) is 0 Å². The lowest BCUT2D eigenvalue weighted by atomic mass is 9.90. The standard InChI is InChI=1S/C40H50N10O3/c1-46(2)39(53)34-23-29-24-42-40(45-37(29)50(34)30-7-3-4-8-30)43-35-12-10-32(25-41-35)49-20-18-47(19-21-49)26-27-14-16-48(17-15-27)31-9-5-6-28(22-31)33-11-13-36(51)44-38(33)52/h5-6,9-10,12,22-25,27,30,33H,3-4,7-8,11,13-21,26H2,1-2H3,(H,44,51,52)(H,41,42,43,45). The number of imide groups is 1. The molecule has 1 aromatic carbocycles. The lowest BCUT2D eigenvalue weighted by Crippen LogP contribution is -2.49. The number of piperazine rings is 1. The van der Waals surface area contributed by atoms with Crippen molar-refractivity contribution in [3.63, 3.8) is 0 Å². The van der Waals surface area contributed by atoms with Crippen molar-refractivity contribution in [1.82, 2.24) is 34.6 Å². The van der Waals surface area contributed by atoms with Crippen LogP contribution in [0.2, 0.25) is 0 Å². The third-order valence-corrected chi connectivity index (χ3v) is 11.6. The summed E-state index contributed by atoms with van der Waals surface area (Å²) >= 11 is 0. The summed E-state index contributed by atoms with van der Waals surface area (Å²) in [6.45, 7) is 7.14. The number of benzene rings is 1. The Morgan fingerprint density at radius 2 is 1.64 bits per heavy atom. The number of rotatable bonds is 9. The first kappa shape index (κ1) is 35.0. The number of carbonyl (C=O) groups is 3. The van der Waals surface area contributed by atoms with E-state index in [4.69, 9.17) is 9.97 Å². The van der Waals surface area contributed by atoms with Crippen LogP contribution < -0.4 is 20.4 Å². The molecule has 3 aliphatic heterocycles. The van der Waals surface area contributed by atoms with Crippen LogP contribution >= 0.6 is 0 Å². The Kier molecular flexibility index (Phi) is 10.00. The first-order valence-corrected chi connectivity index (χ1v) is 19.3. The number of pyridine rings is 1. The average Bonchev–Trinajstić information content (AvgIpc) is 3.84. The zero-order chi connectivity index (χ0) is 36.5. The molecular weight excluding hydrogens is 669 g/mol. The highest BCUT2D eigenvalue weighted by Gasteiger charge is 2.30. The number of fused-ring (bicyclic) bond motifs is 1. The van der Waals surface area contributed by atoms with Gasteiger partial charge in [0, 0.05) is 89.6 Å². The van der Waals surface area contributed by atoms with E-state index in [0.717, 1.165) is 107 Å². The lowest BCUT2D eigenvalue weighted by Gasteiger charge is -2.40. The van der Waals surface area contributed by atoms with Crippen molar-refractivity contribution in [3.05, 3.63) is 66.1 Å². The Hall–Kier alpha value is -5.04. The van der Waals surface area contributed by atoms with Crippen LogP contribution in [0.1, 0.15) is 79.4 Å². The molecular formula is C40H50N10O3. The van der Waals surface area contributed by atoms with E-state index in [9.17, 15) is 14.4 Å². The second-order valence-electron chi connectivity index (χ2n) is 15.4. The van der Waals surface area contributed by atoms with Crippen molar-refractivity contribution < 1.29 is 14.4 Å². The molecule has 13 nitrogen and oxygen atoms in total. The number of nitrogens with one attached hydrogen (secondary N) is 2. The van der Waals surface area contributed by atoms with Crippen LogP contribution in [0.15, 0.2) is 54.9 Å². The Bertz CT molecular complexity index is 1950. The van der Waals surface area contributed by atoms with Crippen LogP contribution in [0.3, 0.4) is 0 Å². The van der Waals surface area contributed by atoms with E-state index in [1.165, 1.54) is 5.69 Å². The molecule has 4 fully saturated rings. The van der Waals surface area contributed by atoms with Gasteiger partial charge in [-0.1, -0.05) is 25.0 Å². The third kappa shape index (κ3) is 7.57. The highest BCUT2D eigenvalue weighted by atomic mass is 16.2. The summed E-state index contributed by atoms with van der Waals surface area (Å²) in [5.74, 6) is 1.21. The monoisotopic (exact) mass is 718 g/mol. The zero-order valence-electron chi connectivity index (χ0n) is 30.8. The van der Waals surface area contributed by atoms with Crippen molar-refractivity contribution in [2.45, 2.75) is 63.3 Å². The molecule has 6 heterocycles. The van der Waals surface area contributed by atoms with Gasteiger partial charge >= 0.3 is 0 Å². The number of hydrogen-bond acceptors (Lipinski definition) is 10. The molecule has 4 aliphatic rings. The Labute approximate surface area is 310 Å². The maximum atomic E-state index is 13.1. The molecule has 1 aliphatic carbocycles. The summed E-state index contributed by atoms with van der Waals surface area (Å²) in [4.78, 5) is 60.3. The zero-order valence-corrected chi connectivity index (χ0v) is 30.8. The van der Waals surface area contributed by atoms with Gasteiger partial charge in [0.05, 0.1) is 17.8 Å². The summed E-state index contributed by atoms with van der Waals surface area (Å²) in [7, 11) is 3.57. The fourth-order valence-corrected chi connectivity index (χ4v) is 8.63. The number of aromatic nitrogens is 4. The van der Waals surface area contributed by atoms with Crippen molar-refractivity contribution in [3.8, 4) is 0 Å². The number of carbonyl (C=O) groups excluding carboxylic acids is 3. The lowest BCUT2D eigenvalue weighted by molar-refractivity contribution is -0.134. The van der Waals surface area contributed by atoms with Crippen molar-refractivity contribution in [2.24, 2.45) is 5.92 Å². The summed E-state index contributed by atoms with van der Waals surface area (Å²) in [5.41, 5.74) is 4.74. The topological polar surface area (TPSA) is 132 Å². The third-order valence-electron chi connectivity index (χ3n) is 11.6. The smallest absolute Gasteiger partial charge is 0.270 e. The normalized spacial score (nSPS) is 20.6. The predicted molar refractivity (Wildman–Crippen MR) is 206 cm³/mol. The number of piperidine rings is 2. The summed E-state index contributed by atoms with van der Waals surface area (Å²) in [6.07, 6.45) is 11.4. The van der Waals surface area contributed by atoms with E-state index < -0.39 is 0 Å². The molecule has 4 aromatic rings. The van der Waals surface area contributed by atoms with E-state index in [1.54, 1.807) is 25.2 Å². The van der Waals surface area contributed by atoms with Crippen LogP contribution in [0.4, 0.5) is 23.1 Å².